The molecule has 1 aliphatic carbocycles. The number of nitrogens with zero attached hydrogens (tertiary/aromatic N) is 3. The number of halogens is 3. The highest BCUT2D eigenvalue weighted by atomic mass is 19.4. The molecule has 5 rings (SSSR count). The van der Waals surface area contributed by atoms with Crippen molar-refractivity contribution in [3.8, 4) is 23.1 Å². The van der Waals surface area contributed by atoms with E-state index < -0.39 is 35.8 Å². The van der Waals surface area contributed by atoms with Gasteiger partial charge in [-0.05, 0) is 49.9 Å². The molecule has 1 aliphatic heterocycles. The maximum atomic E-state index is 14.0. The zero-order valence-corrected chi connectivity index (χ0v) is 22.8. The van der Waals surface area contributed by atoms with Crippen LogP contribution in [0.4, 0.5) is 13.2 Å². The molecule has 218 valence electrons. The number of aromatic nitrogens is 3. The first-order valence-electron chi connectivity index (χ1n) is 13.2. The van der Waals surface area contributed by atoms with Crippen molar-refractivity contribution in [2.24, 2.45) is 0 Å². The molecule has 1 aromatic carbocycles. The van der Waals surface area contributed by atoms with Gasteiger partial charge in [-0.15, -0.1) is 0 Å². The van der Waals surface area contributed by atoms with Gasteiger partial charge in [0.15, 0.2) is 17.2 Å². The van der Waals surface area contributed by atoms with Gasteiger partial charge in [0.2, 0.25) is 11.7 Å². The smallest absolute Gasteiger partial charge is 0.435 e. The predicted octanol–water partition coefficient (Wildman–Crippen LogP) is 6.19. The Morgan fingerprint density at radius 3 is 2.73 bits per heavy atom. The highest BCUT2D eigenvalue weighted by Gasteiger charge is 2.42. The first kappa shape index (κ1) is 28.5. The van der Waals surface area contributed by atoms with Gasteiger partial charge in [0.1, 0.15) is 12.7 Å². The molecule has 9 nitrogen and oxygen atoms in total. The first-order chi connectivity index (χ1) is 19.3. The van der Waals surface area contributed by atoms with Crippen molar-refractivity contribution in [1.29, 1.82) is 0 Å². The van der Waals surface area contributed by atoms with Crippen molar-refractivity contribution in [2.75, 3.05) is 0 Å². The number of benzene rings is 1. The van der Waals surface area contributed by atoms with Crippen LogP contribution in [0.25, 0.3) is 5.69 Å². The number of carboxylic acid groups (broad SMARTS) is 1. The zero-order valence-electron chi connectivity index (χ0n) is 22.8. The van der Waals surface area contributed by atoms with Gasteiger partial charge in [0, 0.05) is 43.7 Å². The molecule has 0 amide bonds. The van der Waals surface area contributed by atoms with Crippen LogP contribution in [0.1, 0.15) is 68.7 Å². The monoisotopic (exact) mass is 573 g/mol. The molecule has 0 fully saturated rings. The lowest BCUT2D eigenvalue weighted by Crippen LogP contribution is -2.29. The van der Waals surface area contributed by atoms with E-state index in [0.717, 1.165) is 5.56 Å². The third-order valence-corrected chi connectivity index (χ3v) is 6.79. The molecular weight excluding hydrogens is 543 g/mol. The molecule has 3 aromatic rings. The molecule has 2 aromatic heterocycles. The number of fused-ring (bicyclic) bond motifs is 2. The molecule has 0 saturated heterocycles. The van der Waals surface area contributed by atoms with E-state index >= 15 is 0 Å². The second-order valence-electron chi connectivity index (χ2n) is 10.6. The Balaban J connectivity index is 1.41. The molecule has 12 heteroatoms. The molecule has 0 spiro atoms. The lowest BCUT2D eigenvalue weighted by Gasteiger charge is -2.28. The Kier molecular flexibility index (Phi) is 7.45. The lowest BCUT2D eigenvalue weighted by molar-refractivity contribution is -0.142. The minimum Gasteiger partial charge on any atom is -0.478 e. The fourth-order valence-corrected chi connectivity index (χ4v) is 5.09. The van der Waals surface area contributed by atoms with Crippen LogP contribution < -0.4 is 14.2 Å². The number of rotatable bonds is 9. The van der Waals surface area contributed by atoms with Crippen molar-refractivity contribution in [2.45, 2.75) is 77.2 Å². The molecule has 2 unspecified atom stereocenters. The van der Waals surface area contributed by atoms with Crippen molar-refractivity contribution >= 4 is 5.97 Å². The normalized spacial score (nSPS) is 18.0. The molecule has 0 bridgehead atoms. The minimum atomic E-state index is -4.67. The second kappa shape index (κ2) is 10.7. The molecule has 1 N–H and O–H groups in total. The zero-order chi connectivity index (χ0) is 29.5. The molecule has 0 radical (unpaired) electrons. The van der Waals surface area contributed by atoms with E-state index in [2.05, 4.69) is 16.7 Å². The Morgan fingerprint density at radius 1 is 1.24 bits per heavy atom. The molecule has 0 saturated carbocycles. The highest BCUT2D eigenvalue weighted by molar-refractivity contribution is 5.85. The van der Waals surface area contributed by atoms with Crippen molar-refractivity contribution in [3.63, 3.8) is 0 Å². The van der Waals surface area contributed by atoms with E-state index in [0.29, 0.717) is 30.0 Å². The Morgan fingerprint density at radius 2 is 2.00 bits per heavy atom. The van der Waals surface area contributed by atoms with Gasteiger partial charge in [0.25, 0.3) is 0 Å². The molecule has 41 heavy (non-hydrogen) atoms. The average molecular weight is 574 g/mol. The van der Waals surface area contributed by atoms with E-state index in [-0.39, 0.29) is 42.2 Å². The summed E-state index contributed by atoms with van der Waals surface area (Å²) < 4.78 is 66.8. The van der Waals surface area contributed by atoms with Crippen LogP contribution in [-0.4, -0.2) is 37.7 Å². The number of alkyl halides is 3. The predicted molar refractivity (Wildman–Crippen MR) is 140 cm³/mol. The van der Waals surface area contributed by atoms with Gasteiger partial charge in [-0.1, -0.05) is 12.6 Å². The van der Waals surface area contributed by atoms with Crippen LogP contribution in [0.2, 0.25) is 0 Å². The number of carbonyl (C=O) groups is 1. The summed E-state index contributed by atoms with van der Waals surface area (Å²) in [4.78, 5) is 15.4. The van der Waals surface area contributed by atoms with E-state index in [1.807, 2.05) is 6.07 Å². The topological polar surface area (TPSA) is 105 Å². The quantitative estimate of drug-likeness (QED) is 0.303. The fourth-order valence-electron chi connectivity index (χ4n) is 5.09. The van der Waals surface area contributed by atoms with Crippen molar-refractivity contribution in [3.05, 3.63) is 71.2 Å². The Bertz CT molecular complexity index is 1480. The van der Waals surface area contributed by atoms with Crippen molar-refractivity contribution in [1.82, 2.24) is 14.8 Å². The third-order valence-electron chi connectivity index (χ3n) is 6.79. The maximum absolute atomic E-state index is 14.0. The number of hydrogen-bond acceptors (Lipinski definition) is 7. The third kappa shape index (κ3) is 6.17. The number of hydrogen-bond donors (Lipinski definition) is 1. The summed E-state index contributed by atoms with van der Waals surface area (Å²) in [5, 5.41) is 13.1. The van der Waals surface area contributed by atoms with Gasteiger partial charge in [-0.2, -0.15) is 18.3 Å². The summed E-state index contributed by atoms with van der Waals surface area (Å²) in [6.07, 6.45) is -3.40. The average Bonchev–Trinajstić information content (AvgIpc) is 3.44. The first-order valence-corrected chi connectivity index (χ1v) is 13.2. The SMILES string of the molecule is C=C(CC(C)OC1CCCc2c(C(F)(F)F)nn(-c3ccnc(OCc4ccc5c(c4)OC(C)(C)O5)c3)c21)C(=O)O. The van der Waals surface area contributed by atoms with Crippen LogP contribution >= 0.6 is 0 Å². The van der Waals surface area contributed by atoms with Crippen LogP contribution in [0.5, 0.6) is 17.4 Å². The van der Waals surface area contributed by atoms with E-state index in [9.17, 15) is 18.0 Å². The van der Waals surface area contributed by atoms with Gasteiger partial charge < -0.3 is 24.1 Å². The summed E-state index contributed by atoms with van der Waals surface area (Å²) in [7, 11) is 0. The van der Waals surface area contributed by atoms with Gasteiger partial charge in [0.05, 0.1) is 17.5 Å². The van der Waals surface area contributed by atoms with E-state index in [1.54, 1.807) is 39.0 Å². The number of aliphatic carboxylic acids is 1. The lowest BCUT2D eigenvalue weighted by atomic mass is 9.92. The van der Waals surface area contributed by atoms with E-state index in [1.165, 1.54) is 16.9 Å². The summed E-state index contributed by atoms with van der Waals surface area (Å²) in [5.41, 5.74) is 0.462. The van der Waals surface area contributed by atoms with Gasteiger partial charge >= 0.3 is 12.1 Å². The Labute approximate surface area is 234 Å². The number of ether oxygens (including phenoxy) is 4. The van der Waals surface area contributed by atoms with Gasteiger partial charge in [-0.3, -0.25) is 0 Å². The summed E-state index contributed by atoms with van der Waals surface area (Å²) in [5.74, 6) is -0.505. The largest absolute Gasteiger partial charge is 0.478 e. The molecule has 2 aliphatic rings. The van der Waals surface area contributed by atoms with Crippen LogP contribution in [-0.2, 0) is 28.7 Å². The van der Waals surface area contributed by atoms with Crippen LogP contribution in [0.3, 0.4) is 0 Å². The van der Waals surface area contributed by atoms with Crippen LogP contribution in [0, 0.1) is 0 Å². The standard InChI is InChI=1S/C29H30F3N3O6/c1-16(27(36)37)12-17(2)39-22-7-5-6-20-25(22)35(34-26(20)29(30,31)32)19-10-11-33-24(14-19)38-15-18-8-9-21-23(13-18)41-28(3,4)40-21/h8-11,13-14,17,22H,1,5-7,12,15H2,2-4H3,(H,36,37). The second-order valence-corrected chi connectivity index (χ2v) is 10.6. The summed E-state index contributed by atoms with van der Waals surface area (Å²) >= 11 is 0. The molecule has 2 atom stereocenters. The molecule has 3 heterocycles. The van der Waals surface area contributed by atoms with Crippen molar-refractivity contribution < 1.29 is 42.0 Å². The maximum Gasteiger partial charge on any atom is 0.435 e. The Hall–Kier alpha value is -4.06. The number of pyridine rings is 1. The number of carboxylic acids is 1. The molecular formula is C29H30F3N3O6. The summed E-state index contributed by atoms with van der Waals surface area (Å²) in [6, 6.07) is 8.48. The summed E-state index contributed by atoms with van der Waals surface area (Å²) in [6.45, 7) is 8.94. The fraction of sp³-hybridized carbons (Fsp3) is 0.414. The van der Waals surface area contributed by atoms with Crippen LogP contribution in [0.15, 0.2) is 48.7 Å². The van der Waals surface area contributed by atoms with E-state index in [4.69, 9.17) is 24.1 Å². The highest BCUT2D eigenvalue weighted by Crippen LogP contribution is 2.43. The minimum absolute atomic E-state index is 0.0338. The van der Waals surface area contributed by atoms with Gasteiger partial charge in [-0.25, -0.2) is 14.5 Å².